The number of ether oxygens (including phenoxy) is 1. The number of hydrogen-bond acceptors (Lipinski definition) is 4. The van der Waals surface area contributed by atoms with Gasteiger partial charge in [0.1, 0.15) is 12.4 Å². The molecule has 0 bridgehead atoms. The summed E-state index contributed by atoms with van der Waals surface area (Å²) in [6.45, 7) is 0.402. The number of fused-ring (bicyclic) bond motifs is 4. The number of thiazole rings is 1. The van der Waals surface area contributed by atoms with Crippen molar-refractivity contribution < 1.29 is 4.74 Å². The summed E-state index contributed by atoms with van der Waals surface area (Å²) in [6, 6.07) is 27.4. The van der Waals surface area contributed by atoms with E-state index in [2.05, 4.69) is 17.1 Å². The first-order valence-corrected chi connectivity index (χ1v) is 11.7. The van der Waals surface area contributed by atoms with Gasteiger partial charge in [0.15, 0.2) is 4.96 Å². The molecule has 6 rings (SSSR count). The fourth-order valence-corrected chi connectivity index (χ4v) is 5.13. The zero-order chi connectivity index (χ0) is 22.4. The summed E-state index contributed by atoms with van der Waals surface area (Å²) >= 11 is 7.40. The van der Waals surface area contributed by atoms with Gasteiger partial charge in [-0.25, -0.2) is 9.38 Å². The molecule has 6 aromatic rings. The molecule has 0 atom stereocenters. The smallest absolute Gasteiger partial charge is 0.274 e. The Kier molecular flexibility index (Phi) is 4.86. The first kappa shape index (κ1) is 20.0. The molecule has 6 heteroatoms. The van der Waals surface area contributed by atoms with Gasteiger partial charge in [0.05, 0.1) is 15.6 Å². The summed E-state index contributed by atoms with van der Waals surface area (Å²) in [5, 5.41) is 2.81. The minimum atomic E-state index is -0.0692. The molecule has 0 aliphatic rings. The highest BCUT2D eigenvalue weighted by molar-refractivity contribution is 7.15. The first-order chi connectivity index (χ1) is 16.2. The van der Waals surface area contributed by atoms with Gasteiger partial charge in [-0.1, -0.05) is 77.5 Å². The highest BCUT2D eigenvalue weighted by Crippen LogP contribution is 2.30. The number of para-hydroxylation sites is 2. The molecule has 4 nitrogen and oxygen atoms in total. The van der Waals surface area contributed by atoms with Gasteiger partial charge in [-0.15, -0.1) is 0 Å². The van der Waals surface area contributed by atoms with E-state index < -0.39 is 0 Å². The maximum atomic E-state index is 13.3. The molecular weight excluding hydrogens is 452 g/mol. The second-order valence-electron chi connectivity index (χ2n) is 7.75. The van der Waals surface area contributed by atoms with Gasteiger partial charge in [-0.3, -0.25) is 4.79 Å². The van der Waals surface area contributed by atoms with Crippen LogP contribution in [0.5, 0.6) is 5.75 Å². The summed E-state index contributed by atoms with van der Waals surface area (Å²) in [7, 11) is 0. The van der Waals surface area contributed by atoms with Crippen LogP contribution in [0.3, 0.4) is 0 Å². The second-order valence-corrected chi connectivity index (χ2v) is 9.19. The molecule has 0 amide bonds. The van der Waals surface area contributed by atoms with Crippen LogP contribution < -0.4 is 14.8 Å². The maximum absolute atomic E-state index is 13.3. The van der Waals surface area contributed by atoms with Crippen LogP contribution in [0.1, 0.15) is 11.1 Å². The fraction of sp³-hybridized carbons (Fsp3) is 0.0370. The monoisotopic (exact) mass is 468 g/mol. The van der Waals surface area contributed by atoms with Crippen molar-refractivity contribution in [3.63, 3.8) is 0 Å². The van der Waals surface area contributed by atoms with Crippen molar-refractivity contribution in [2.45, 2.75) is 6.61 Å². The molecule has 0 fully saturated rings. The Hall–Kier alpha value is -3.67. The average molecular weight is 469 g/mol. The van der Waals surface area contributed by atoms with Crippen molar-refractivity contribution in [3.8, 4) is 5.75 Å². The molecule has 0 saturated carbocycles. The third-order valence-electron chi connectivity index (χ3n) is 5.66. The SMILES string of the molecule is O=c1/c(=C/c2c(OCc3ccc(Cl)cc3)ccc3ccccc23)sc2nc3ccccc3n12. The van der Waals surface area contributed by atoms with Gasteiger partial charge in [0.25, 0.3) is 5.56 Å². The summed E-state index contributed by atoms with van der Waals surface area (Å²) < 4.78 is 8.52. The van der Waals surface area contributed by atoms with Crippen molar-refractivity contribution in [1.29, 1.82) is 0 Å². The topological polar surface area (TPSA) is 43.6 Å². The predicted molar refractivity (Wildman–Crippen MR) is 135 cm³/mol. The average Bonchev–Trinajstić information content (AvgIpc) is 3.35. The van der Waals surface area contributed by atoms with E-state index in [1.54, 1.807) is 4.40 Å². The number of aromatic nitrogens is 2. The molecule has 0 aliphatic carbocycles. The van der Waals surface area contributed by atoms with E-state index in [0.717, 1.165) is 38.7 Å². The van der Waals surface area contributed by atoms with Crippen molar-refractivity contribution in [2.75, 3.05) is 0 Å². The second kappa shape index (κ2) is 8.03. The minimum Gasteiger partial charge on any atom is -0.488 e. The number of rotatable bonds is 4. The molecule has 0 radical (unpaired) electrons. The summed E-state index contributed by atoms with van der Waals surface area (Å²) in [4.78, 5) is 18.6. The van der Waals surface area contributed by atoms with Crippen molar-refractivity contribution in [1.82, 2.24) is 9.38 Å². The van der Waals surface area contributed by atoms with Crippen LogP contribution >= 0.6 is 22.9 Å². The third kappa shape index (κ3) is 3.55. The minimum absolute atomic E-state index is 0.0692. The number of halogens is 1. The Labute approximate surface area is 198 Å². The van der Waals surface area contributed by atoms with Crippen LogP contribution in [-0.4, -0.2) is 9.38 Å². The Morgan fingerprint density at radius 3 is 2.61 bits per heavy atom. The quantitative estimate of drug-likeness (QED) is 0.326. The number of hydrogen-bond donors (Lipinski definition) is 0. The molecule has 0 N–H and O–H groups in total. The van der Waals surface area contributed by atoms with Gasteiger partial charge < -0.3 is 4.74 Å². The van der Waals surface area contributed by atoms with Crippen LogP contribution in [0.4, 0.5) is 0 Å². The van der Waals surface area contributed by atoms with Crippen molar-refractivity contribution in [3.05, 3.63) is 116 Å². The Morgan fingerprint density at radius 2 is 1.73 bits per heavy atom. The Balaban J connectivity index is 1.51. The largest absolute Gasteiger partial charge is 0.488 e. The number of benzene rings is 4. The Morgan fingerprint density at radius 1 is 0.939 bits per heavy atom. The van der Waals surface area contributed by atoms with Crippen LogP contribution in [0.25, 0.3) is 32.8 Å². The molecule has 2 aromatic heterocycles. The lowest BCUT2D eigenvalue weighted by Gasteiger charge is -2.12. The van der Waals surface area contributed by atoms with E-state index in [9.17, 15) is 4.79 Å². The molecule has 0 saturated heterocycles. The summed E-state index contributed by atoms with van der Waals surface area (Å²) in [5.41, 5.74) is 3.48. The highest BCUT2D eigenvalue weighted by Gasteiger charge is 2.13. The van der Waals surface area contributed by atoms with Crippen LogP contribution in [0.2, 0.25) is 5.02 Å². The maximum Gasteiger partial charge on any atom is 0.274 e. The lowest BCUT2D eigenvalue weighted by atomic mass is 10.0. The molecule has 160 valence electrons. The van der Waals surface area contributed by atoms with E-state index in [1.807, 2.05) is 78.9 Å². The lowest BCUT2D eigenvalue weighted by Crippen LogP contribution is -2.22. The van der Waals surface area contributed by atoms with Crippen LogP contribution in [-0.2, 0) is 6.61 Å². The molecule has 33 heavy (non-hydrogen) atoms. The van der Waals surface area contributed by atoms with E-state index in [4.69, 9.17) is 16.3 Å². The molecule has 2 heterocycles. The predicted octanol–water partition coefficient (Wildman–Crippen LogP) is 5.84. The zero-order valence-corrected chi connectivity index (χ0v) is 18.9. The zero-order valence-electron chi connectivity index (χ0n) is 17.4. The van der Waals surface area contributed by atoms with E-state index in [0.29, 0.717) is 21.1 Å². The summed E-state index contributed by atoms with van der Waals surface area (Å²) in [5.74, 6) is 0.721. The highest BCUT2D eigenvalue weighted by atomic mass is 35.5. The van der Waals surface area contributed by atoms with Gasteiger partial charge in [-0.05, 0) is 52.7 Å². The molecule has 0 spiro atoms. The molecule has 0 unspecified atom stereocenters. The number of imidazole rings is 1. The van der Waals surface area contributed by atoms with Crippen molar-refractivity contribution in [2.24, 2.45) is 0 Å². The molecule has 0 aliphatic heterocycles. The van der Waals surface area contributed by atoms with Crippen LogP contribution in [0.15, 0.2) is 89.7 Å². The first-order valence-electron chi connectivity index (χ1n) is 10.5. The van der Waals surface area contributed by atoms with E-state index >= 15 is 0 Å². The lowest BCUT2D eigenvalue weighted by molar-refractivity contribution is 0.306. The van der Waals surface area contributed by atoms with Crippen LogP contribution in [0, 0.1) is 0 Å². The molecular formula is C27H17ClN2O2S. The summed E-state index contributed by atoms with van der Waals surface area (Å²) in [6.07, 6.45) is 1.93. The fourth-order valence-electron chi connectivity index (χ4n) is 4.04. The third-order valence-corrected chi connectivity index (χ3v) is 6.88. The standard InChI is InChI=1S/C27H17ClN2O2S/c28-19-12-9-17(10-13-19)16-32-24-14-11-18-5-1-2-6-20(18)21(24)15-25-26(31)30-23-8-4-3-7-22(23)29-27(30)33-25/h1-15H,16H2/b25-15-. The Bertz CT molecular complexity index is 1750. The molecule has 4 aromatic carbocycles. The van der Waals surface area contributed by atoms with Gasteiger partial charge >= 0.3 is 0 Å². The van der Waals surface area contributed by atoms with Gasteiger partial charge in [-0.2, -0.15) is 0 Å². The van der Waals surface area contributed by atoms with Gasteiger partial charge in [0.2, 0.25) is 0 Å². The van der Waals surface area contributed by atoms with Gasteiger partial charge in [0, 0.05) is 10.6 Å². The normalized spacial score (nSPS) is 12.2. The van der Waals surface area contributed by atoms with E-state index in [-0.39, 0.29) is 5.56 Å². The van der Waals surface area contributed by atoms with Crippen molar-refractivity contribution >= 4 is 55.8 Å². The number of nitrogens with zero attached hydrogens (tertiary/aromatic N) is 2. The van der Waals surface area contributed by atoms with E-state index in [1.165, 1.54) is 11.3 Å².